The third-order valence-corrected chi connectivity index (χ3v) is 3.70. The lowest BCUT2D eigenvalue weighted by molar-refractivity contribution is -0.120. The van der Waals surface area contributed by atoms with E-state index in [4.69, 9.17) is 4.74 Å². The van der Waals surface area contributed by atoms with E-state index < -0.39 is 6.04 Å². The molecule has 0 radical (unpaired) electrons. The van der Waals surface area contributed by atoms with Crippen molar-refractivity contribution in [1.82, 2.24) is 5.32 Å². The molecule has 0 spiro atoms. The molecule has 1 aromatic carbocycles. The van der Waals surface area contributed by atoms with E-state index in [2.05, 4.69) is 19.2 Å². The van der Waals surface area contributed by atoms with Crippen LogP contribution in [-0.2, 0) is 11.2 Å². The molecule has 0 unspecified atom stereocenters. The van der Waals surface area contributed by atoms with Gasteiger partial charge in [-0.3, -0.25) is 9.59 Å². The van der Waals surface area contributed by atoms with Gasteiger partial charge in [-0.25, -0.2) is 0 Å². The average Bonchev–Trinajstić information content (AvgIpc) is 2.92. The molecule has 0 fully saturated rings. The number of fused-ring (bicyclic) bond motifs is 1. The fraction of sp³-hybridized carbons (Fsp3) is 0.529. The van der Waals surface area contributed by atoms with Crippen LogP contribution in [-0.4, -0.2) is 24.3 Å². The first-order valence-electron chi connectivity index (χ1n) is 7.60. The number of ketones is 1. The lowest BCUT2D eigenvalue weighted by Crippen LogP contribution is -2.41. The van der Waals surface area contributed by atoms with Crippen LogP contribution in [0.25, 0.3) is 0 Å². The number of rotatable bonds is 6. The summed E-state index contributed by atoms with van der Waals surface area (Å²) >= 11 is 0. The highest BCUT2D eigenvalue weighted by molar-refractivity contribution is 5.98. The Morgan fingerprint density at radius 2 is 2.10 bits per heavy atom. The Balaban J connectivity index is 2.09. The number of hydrogen-bond acceptors (Lipinski definition) is 3. The number of benzene rings is 1. The van der Waals surface area contributed by atoms with Gasteiger partial charge in [0.05, 0.1) is 12.6 Å². The van der Waals surface area contributed by atoms with E-state index in [-0.39, 0.29) is 11.7 Å². The zero-order chi connectivity index (χ0) is 15.4. The molecule has 4 heteroatoms. The van der Waals surface area contributed by atoms with Gasteiger partial charge in [0.1, 0.15) is 5.75 Å². The summed E-state index contributed by atoms with van der Waals surface area (Å²) in [7, 11) is 0. The van der Waals surface area contributed by atoms with Crippen LogP contribution < -0.4 is 10.1 Å². The van der Waals surface area contributed by atoms with Crippen molar-refractivity contribution < 1.29 is 14.3 Å². The summed E-state index contributed by atoms with van der Waals surface area (Å²) in [5.74, 6) is 1.12. The van der Waals surface area contributed by atoms with Crippen molar-refractivity contribution in [2.45, 2.75) is 46.1 Å². The lowest BCUT2D eigenvalue weighted by Gasteiger charge is -2.19. The molecule has 1 aliphatic rings. The normalized spacial score (nSPS) is 14.5. The van der Waals surface area contributed by atoms with Crippen LogP contribution in [0.3, 0.4) is 0 Å². The second-order valence-electron chi connectivity index (χ2n) is 5.90. The maximum absolute atomic E-state index is 12.4. The number of ether oxygens (including phenoxy) is 1. The summed E-state index contributed by atoms with van der Waals surface area (Å²) < 4.78 is 5.44. The Hall–Kier alpha value is -1.84. The number of Topliss-reactive ketones (excluding diaryl/α,β-unsaturated/α-hetero) is 1. The first kappa shape index (κ1) is 15.5. The smallest absolute Gasteiger partial charge is 0.251 e. The van der Waals surface area contributed by atoms with Gasteiger partial charge < -0.3 is 10.1 Å². The monoisotopic (exact) mass is 289 g/mol. The summed E-state index contributed by atoms with van der Waals surface area (Å²) in [6.45, 7) is 6.60. The molecule has 1 aliphatic heterocycles. The first-order valence-corrected chi connectivity index (χ1v) is 7.60. The van der Waals surface area contributed by atoms with E-state index in [1.165, 1.54) is 0 Å². The van der Waals surface area contributed by atoms with Gasteiger partial charge in [-0.05, 0) is 36.1 Å². The molecule has 0 saturated carbocycles. The highest BCUT2D eigenvalue weighted by Gasteiger charge is 2.22. The minimum absolute atomic E-state index is 0.0848. The summed E-state index contributed by atoms with van der Waals surface area (Å²) in [6, 6.07) is 5.05. The second kappa shape index (κ2) is 6.74. The molecule has 0 bridgehead atoms. The largest absolute Gasteiger partial charge is 0.493 e. The average molecular weight is 289 g/mol. The molecule has 1 N–H and O–H groups in total. The minimum Gasteiger partial charge on any atom is -0.493 e. The van der Waals surface area contributed by atoms with Crippen LogP contribution in [0, 0.1) is 5.92 Å². The molecule has 1 atom stereocenters. The van der Waals surface area contributed by atoms with Crippen molar-refractivity contribution >= 4 is 11.7 Å². The molecule has 0 aromatic heterocycles. The van der Waals surface area contributed by atoms with Gasteiger partial charge in [0.15, 0.2) is 5.78 Å². The molecular weight excluding hydrogens is 266 g/mol. The third-order valence-electron chi connectivity index (χ3n) is 3.70. The van der Waals surface area contributed by atoms with Crippen LogP contribution in [0.1, 0.15) is 49.5 Å². The molecule has 21 heavy (non-hydrogen) atoms. The summed E-state index contributed by atoms with van der Waals surface area (Å²) in [6.07, 6.45) is 1.95. The van der Waals surface area contributed by atoms with Crippen molar-refractivity contribution in [1.29, 1.82) is 0 Å². The van der Waals surface area contributed by atoms with E-state index in [0.29, 0.717) is 30.9 Å². The van der Waals surface area contributed by atoms with Crippen molar-refractivity contribution in [3.05, 3.63) is 29.3 Å². The number of carbonyl (C=O) groups excluding carboxylic acids is 2. The maximum atomic E-state index is 12.4. The fourth-order valence-electron chi connectivity index (χ4n) is 2.56. The number of hydrogen-bond donors (Lipinski definition) is 1. The van der Waals surface area contributed by atoms with Crippen LogP contribution in [0.15, 0.2) is 18.2 Å². The highest BCUT2D eigenvalue weighted by atomic mass is 16.5. The van der Waals surface area contributed by atoms with Gasteiger partial charge in [0.25, 0.3) is 5.91 Å². The molecule has 0 saturated heterocycles. The Kier molecular flexibility index (Phi) is 4.99. The Morgan fingerprint density at radius 3 is 2.76 bits per heavy atom. The Labute approximate surface area is 125 Å². The molecule has 4 nitrogen and oxygen atoms in total. The van der Waals surface area contributed by atoms with E-state index in [0.717, 1.165) is 17.7 Å². The standard InChI is InChI=1S/C17H23NO3/c1-4-15(19)14(9-11(2)3)18-17(20)13-5-6-16-12(10-13)7-8-21-16/h5-6,10-11,14H,4,7-9H2,1-3H3,(H,18,20)/t14-/m1/s1. The van der Waals surface area contributed by atoms with Crippen LogP contribution in [0.4, 0.5) is 0 Å². The fourth-order valence-corrected chi connectivity index (χ4v) is 2.56. The molecule has 0 aliphatic carbocycles. The summed E-state index contributed by atoms with van der Waals surface area (Å²) in [5.41, 5.74) is 1.65. The SMILES string of the molecule is CCC(=O)[C@@H](CC(C)C)NC(=O)c1ccc2c(c1)CCO2. The lowest BCUT2D eigenvalue weighted by atomic mass is 9.98. The van der Waals surface area contributed by atoms with Crippen molar-refractivity contribution in [3.63, 3.8) is 0 Å². The second-order valence-corrected chi connectivity index (χ2v) is 5.90. The predicted molar refractivity (Wildman–Crippen MR) is 81.6 cm³/mol. The predicted octanol–water partition coefficient (Wildman–Crippen LogP) is 2.75. The van der Waals surface area contributed by atoms with Crippen LogP contribution >= 0.6 is 0 Å². The first-order chi connectivity index (χ1) is 10.0. The van der Waals surface area contributed by atoms with Gasteiger partial charge in [-0.1, -0.05) is 20.8 Å². The van der Waals surface area contributed by atoms with Crippen molar-refractivity contribution in [2.75, 3.05) is 6.61 Å². The van der Waals surface area contributed by atoms with E-state index in [1.807, 2.05) is 19.1 Å². The van der Waals surface area contributed by atoms with Gasteiger partial charge in [0.2, 0.25) is 0 Å². The minimum atomic E-state index is -0.396. The summed E-state index contributed by atoms with van der Waals surface area (Å²) in [4.78, 5) is 24.3. The molecular formula is C17H23NO3. The highest BCUT2D eigenvalue weighted by Crippen LogP contribution is 2.25. The van der Waals surface area contributed by atoms with E-state index >= 15 is 0 Å². The molecule has 1 heterocycles. The Morgan fingerprint density at radius 1 is 1.33 bits per heavy atom. The number of amides is 1. The topological polar surface area (TPSA) is 55.4 Å². The molecule has 1 amide bonds. The quantitative estimate of drug-likeness (QED) is 0.876. The van der Waals surface area contributed by atoms with E-state index in [1.54, 1.807) is 6.07 Å². The van der Waals surface area contributed by atoms with Gasteiger partial charge >= 0.3 is 0 Å². The van der Waals surface area contributed by atoms with Gasteiger partial charge in [-0.2, -0.15) is 0 Å². The molecule has 2 rings (SSSR count). The molecule has 1 aromatic rings. The Bertz CT molecular complexity index is 537. The number of nitrogens with one attached hydrogen (secondary N) is 1. The summed E-state index contributed by atoms with van der Waals surface area (Å²) in [5, 5.41) is 2.88. The van der Waals surface area contributed by atoms with E-state index in [9.17, 15) is 9.59 Å². The third kappa shape index (κ3) is 3.84. The van der Waals surface area contributed by atoms with Crippen LogP contribution in [0.5, 0.6) is 5.75 Å². The zero-order valence-corrected chi connectivity index (χ0v) is 12.9. The number of carbonyl (C=O) groups is 2. The van der Waals surface area contributed by atoms with Crippen molar-refractivity contribution in [2.24, 2.45) is 5.92 Å². The molecule has 114 valence electrons. The van der Waals surface area contributed by atoms with Crippen LogP contribution in [0.2, 0.25) is 0 Å². The van der Waals surface area contributed by atoms with Gasteiger partial charge in [-0.15, -0.1) is 0 Å². The maximum Gasteiger partial charge on any atom is 0.251 e. The van der Waals surface area contributed by atoms with Crippen molar-refractivity contribution in [3.8, 4) is 5.75 Å². The zero-order valence-electron chi connectivity index (χ0n) is 12.9. The van der Waals surface area contributed by atoms with Gasteiger partial charge in [0, 0.05) is 18.4 Å².